The number of aromatic nitrogens is 1. The second-order valence-corrected chi connectivity index (χ2v) is 12.0. The van der Waals surface area contributed by atoms with Gasteiger partial charge in [0, 0.05) is 17.3 Å². The number of benzene rings is 8. The summed E-state index contributed by atoms with van der Waals surface area (Å²) in [6.07, 6.45) is 2.00. The standard InChI is InChI=1S/C45H29N/c1-2-12-32(13-3-1)43-25-23-38(29-46-43)35-22-24-41-42(28-35)45(37-21-19-31-11-5-7-15-34(31)27-37)40-17-9-8-16-39(40)44(41)36-20-18-30-10-4-6-14-33(30)26-36/h1-29H. The lowest BCUT2D eigenvalue weighted by Gasteiger charge is -2.19. The van der Waals surface area contributed by atoms with Crippen molar-refractivity contribution in [2.45, 2.75) is 0 Å². The van der Waals surface area contributed by atoms with Gasteiger partial charge in [0.2, 0.25) is 0 Å². The molecular formula is C45H29N. The summed E-state index contributed by atoms with van der Waals surface area (Å²) in [5.74, 6) is 0. The Kier molecular flexibility index (Phi) is 6.21. The lowest BCUT2D eigenvalue weighted by atomic mass is 9.84. The van der Waals surface area contributed by atoms with Crippen molar-refractivity contribution in [2.75, 3.05) is 0 Å². The molecule has 0 aliphatic carbocycles. The molecule has 46 heavy (non-hydrogen) atoms. The summed E-state index contributed by atoms with van der Waals surface area (Å²) in [7, 11) is 0. The minimum atomic E-state index is 0.978. The topological polar surface area (TPSA) is 12.9 Å². The summed E-state index contributed by atoms with van der Waals surface area (Å²) in [5, 5.41) is 9.98. The zero-order chi connectivity index (χ0) is 30.5. The molecule has 0 saturated heterocycles. The molecule has 0 spiro atoms. The molecule has 0 bridgehead atoms. The smallest absolute Gasteiger partial charge is 0.0702 e. The molecule has 9 aromatic rings. The molecule has 0 saturated carbocycles. The van der Waals surface area contributed by atoms with Crippen LogP contribution in [0.3, 0.4) is 0 Å². The minimum Gasteiger partial charge on any atom is -0.256 e. The molecule has 0 aliphatic rings. The first-order valence-corrected chi connectivity index (χ1v) is 15.8. The zero-order valence-electron chi connectivity index (χ0n) is 25.2. The van der Waals surface area contributed by atoms with Crippen molar-refractivity contribution in [3.8, 4) is 44.6 Å². The number of hydrogen-bond donors (Lipinski definition) is 0. The van der Waals surface area contributed by atoms with Crippen LogP contribution in [0.2, 0.25) is 0 Å². The van der Waals surface area contributed by atoms with Crippen molar-refractivity contribution in [1.29, 1.82) is 0 Å². The molecule has 1 heteroatoms. The molecule has 0 amide bonds. The third kappa shape index (κ3) is 4.45. The molecule has 0 unspecified atom stereocenters. The summed E-state index contributed by atoms with van der Waals surface area (Å²) >= 11 is 0. The van der Waals surface area contributed by atoms with Gasteiger partial charge < -0.3 is 0 Å². The van der Waals surface area contributed by atoms with Crippen LogP contribution >= 0.6 is 0 Å². The summed E-state index contributed by atoms with van der Waals surface area (Å²) < 4.78 is 0. The minimum absolute atomic E-state index is 0.978. The SMILES string of the molecule is c1ccc(-c2ccc(-c3ccc4c(-c5ccc6ccccc6c5)c5ccccc5c(-c5ccc6ccccc6c5)c4c3)cn2)cc1. The van der Waals surface area contributed by atoms with Gasteiger partial charge in [-0.2, -0.15) is 0 Å². The first-order chi connectivity index (χ1) is 22.8. The van der Waals surface area contributed by atoms with Gasteiger partial charge in [-0.3, -0.25) is 4.98 Å². The van der Waals surface area contributed by atoms with E-state index in [0.29, 0.717) is 0 Å². The first kappa shape index (κ1) is 26.4. The second-order valence-electron chi connectivity index (χ2n) is 12.0. The number of pyridine rings is 1. The highest BCUT2D eigenvalue weighted by molar-refractivity contribution is 6.22. The predicted molar refractivity (Wildman–Crippen MR) is 196 cm³/mol. The van der Waals surface area contributed by atoms with E-state index in [1.54, 1.807) is 0 Å². The van der Waals surface area contributed by atoms with Crippen LogP contribution in [0.15, 0.2) is 176 Å². The van der Waals surface area contributed by atoms with Gasteiger partial charge in [-0.15, -0.1) is 0 Å². The van der Waals surface area contributed by atoms with Crippen LogP contribution < -0.4 is 0 Å². The highest BCUT2D eigenvalue weighted by Gasteiger charge is 2.18. The molecule has 0 N–H and O–H groups in total. The van der Waals surface area contributed by atoms with Crippen molar-refractivity contribution < 1.29 is 0 Å². The third-order valence-corrected chi connectivity index (χ3v) is 9.27. The fraction of sp³-hybridized carbons (Fsp3) is 0. The van der Waals surface area contributed by atoms with E-state index in [0.717, 1.165) is 22.4 Å². The van der Waals surface area contributed by atoms with Crippen LogP contribution in [0.4, 0.5) is 0 Å². The van der Waals surface area contributed by atoms with E-state index in [9.17, 15) is 0 Å². The van der Waals surface area contributed by atoms with E-state index in [2.05, 4.69) is 164 Å². The van der Waals surface area contributed by atoms with Crippen LogP contribution in [0.1, 0.15) is 0 Å². The lowest BCUT2D eigenvalue weighted by Crippen LogP contribution is -1.92. The van der Waals surface area contributed by atoms with Crippen LogP contribution in [0, 0.1) is 0 Å². The van der Waals surface area contributed by atoms with Gasteiger partial charge in [0.1, 0.15) is 0 Å². The summed E-state index contributed by atoms with van der Waals surface area (Å²) in [4.78, 5) is 4.86. The maximum Gasteiger partial charge on any atom is 0.0702 e. The molecule has 8 aromatic carbocycles. The van der Waals surface area contributed by atoms with Gasteiger partial charge in [0.15, 0.2) is 0 Å². The second kappa shape index (κ2) is 10.8. The molecular weight excluding hydrogens is 555 g/mol. The van der Waals surface area contributed by atoms with Crippen molar-refractivity contribution in [3.63, 3.8) is 0 Å². The van der Waals surface area contributed by atoms with E-state index in [1.807, 2.05) is 12.3 Å². The van der Waals surface area contributed by atoms with E-state index in [-0.39, 0.29) is 0 Å². The van der Waals surface area contributed by atoms with E-state index in [4.69, 9.17) is 4.98 Å². The van der Waals surface area contributed by atoms with Gasteiger partial charge in [0.25, 0.3) is 0 Å². The van der Waals surface area contributed by atoms with Crippen molar-refractivity contribution >= 4 is 43.1 Å². The molecule has 1 heterocycles. The number of fused-ring (bicyclic) bond motifs is 4. The molecule has 0 fully saturated rings. The maximum atomic E-state index is 4.86. The molecule has 9 rings (SSSR count). The van der Waals surface area contributed by atoms with Crippen LogP contribution in [-0.4, -0.2) is 4.98 Å². The van der Waals surface area contributed by atoms with Crippen LogP contribution in [-0.2, 0) is 0 Å². The summed E-state index contributed by atoms with van der Waals surface area (Å²) in [6, 6.07) is 61.5. The van der Waals surface area contributed by atoms with Gasteiger partial charge in [0.05, 0.1) is 5.69 Å². The van der Waals surface area contributed by atoms with Crippen molar-refractivity contribution in [1.82, 2.24) is 4.98 Å². The Morgan fingerprint density at radius 2 is 0.783 bits per heavy atom. The zero-order valence-corrected chi connectivity index (χ0v) is 25.2. The number of hydrogen-bond acceptors (Lipinski definition) is 1. The highest BCUT2D eigenvalue weighted by Crippen LogP contribution is 2.45. The van der Waals surface area contributed by atoms with Crippen molar-refractivity contribution in [3.05, 3.63) is 176 Å². The lowest BCUT2D eigenvalue weighted by molar-refractivity contribution is 1.33. The fourth-order valence-electron chi connectivity index (χ4n) is 7.01. The first-order valence-electron chi connectivity index (χ1n) is 15.8. The predicted octanol–water partition coefficient (Wildman–Crippen LogP) is 12.4. The molecule has 0 aliphatic heterocycles. The van der Waals surface area contributed by atoms with Gasteiger partial charge >= 0.3 is 0 Å². The van der Waals surface area contributed by atoms with Crippen LogP contribution in [0.25, 0.3) is 87.7 Å². The largest absolute Gasteiger partial charge is 0.256 e. The molecule has 0 atom stereocenters. The Hall–Kier alpha value is -6.05. The van der Waals surface area contributed by atoms with E-state index < -0.39 is 0 Å². The molecule has 214 valence electrons. The summed E-state index contributed by atoms with van der Waals surface area (Å²) in [5.41, 5.74) is 9.34. The Labute approximate surface area is 268 Å². The van der Waals surface area contributed by atoms with Crippen molar-refractivity contribution in [2.24, 2.45) is 0 Å². The Morgan fingerprint density at radius 1 is 0.283 bits per heavy atom. The van der Waals surface area contributed by atoms with Crippen LogP contribution in [0.5, 0.6) is 0 Å². The van der Waals surface area contributed by atoms with Gasteiger partial charge in [-0.05, 0) is 95.2 Å². The monoisotopic (exact) mass is 583 g/mol. The third-order valence-electron chi connectivity index (χ3n) is 9.27. The average Bonchev–Trinajstić information content (AvgIpc) is 3.13. The normalized spacial score (nSPS) is 11.5. The Morgan fingerprint density at radius 3 is 1.39 bits per heavy atom. The van der Waals surface area contributed by atoms with Gasteiger partial charge in [-0.25, -0.2) is 0 Å². The van der Waals surface area contributed by atoms with Gasteiger partial charge in [-0.1, -0.05) is 146 Å². The summed E-state index contributed by atoms with van der Waals surface area (Å²) in [6.45, 7) is 0. The Balaban J connectivity index is 1.33. The molecule has 1 nitrogen and oxygen atoms in total. The molecule has 1 aromatic heterocycles. The van der Waals surface area contributed by atoms with E-state index >= 15 is 0 Å². The fourth-order valence-corrected chi connectivity index (χ4v) is 7.01. The van der Waals surface area contributed by atoms with E-state index in [1.165, 1.54) is 65.3 Å². The quantitative estimate of drug-likeness (QED) is 0.188. The highest BCUT2D eigenvalue weighted by atomic mass is 14.7. The number of rotatable bonds is 4. The molecule has 0 radical (unpaired) electrons. The average molecular weight is 584 g/mol. The number of nitrogens with zero attached hydrogens (tertiary/aromatic N) is 1. The Bertz CT molecular complexity index is 2560. The maximum absolute atomic E-state index is 4.86.